The van der Waals surface area contributed by atoms with Crippen LogP contribution in [0.3, 0.4) is 0 Å². The fourth-order valence-electron chi connectivity index (χ4n) is 0.523. The van der Waals surface area contributed by atoms with Crippen LogP contribution in [-0.2, 0) is 0 Å². The second-order valence-corrected chi connectivity index (χ2v) is 2.71. The molecule has 0 fully saturated rings. The highest BCUT2D eigenvalue weighted by atomic mass is 28.1. The van der Waals surface area contributed by atoms with Crippen molar-refractivity contribution in [3.63, 3.8) is 0 Å². The first-order chi connectivity index (χ1) is 4.31. The van der Waals surface area contributed by atoms with Gasteiger partial charge in [-0.05, 0) is 12.5 Å². The van der Waals surface area contributed by atoms with Crippen LogP contribution in [0.2, 0.25) is 6.04 Å². The monoisotopic (exact) mass is 143 g/mol. The predicted molar refractivity (Wildman–Crippen MR) is 41.6 cm³/mol. The lowest BCUT2D eigenvalue weighted by Gasteiger charge is -2.07. The van der Waals surface area contributed by atoms with Gasteiger partial charge in [0, 0.05) is 23.3 Å². The van der Waals surface area contributed by atoms with Crippen LogP contribution in [0, 0.1) is 5.92 Å². The van der Waals surface area contributed by atoms with Crippen LogP contribution >= 0.6 is 0 Å². The minimum Gasteiger partial charge on any atom is -0.329 e. The fourth-order valence-corrected chi connectivity index (χ4v) is 0.667. The number of nitrogens with two attached hydrogens (primary N) is 1. The van der Waals surface area contributed by atoms with Crippen LogP contribution in [-0.4, -0.2) is 29.9 Å². The highest BCUT2D eigenvalue weighted by molar-refractivity contribution is 6.08. The summed E-state index contributed by atoms with van der Waals surface area (Å²) in [5, 5.41) is 3.23. The molecule has 0 aliphatic heterocycles. The molecule has 53 valence electrons. The van der Waals surface area contributed by atoms with E-state index in [1.165, 1.54) is 0 Å². The van der Waals surface area contributed by atoms with E-state index in [4.69, 9.17) is 5.73 Å². The van der Waals surface area contributed by atoms with E-state index in [0.29, 0.717) is 5.92 Å². The van der Waals surface area contributed by atoms with E-state index < -0.39 is 0 Å². The standard InChI is InChI=1S/C6H15N2Si/c1-6(5-9)4-8-3-2-7/h6,8H,2-5,7H2,1H3. The van der Waals surface area contributed by atoms with Crippen molar-refractivity contribution in [2.75, 3.05) is 19.6 Å². The van der Waals surface area contributed by atoms with Crippen LogP contribution < -0.4 is 11.1 Å². The van der Waals surface area contributed by atoms with Crippen molar-refractivity contribution >= 4 is 10.2 Å². The van der Waals surface area contributed by atoms with E-state index in [1.54, 1.807) is 0 Å². The molecule has 0 heterocycles. The van der Waals surface area contributed by atoms with Crippen molar-refractivity contribution in [1.29, 1.82) is 0 Å². The van der Waals surface area contributed by atoms with Crippen LogP contribution in [0.5, 0.6) is 0 Å². The molecule has 1 unspecified atom stereocenters. The maximum absolute atomic E-state index is 5.28. The van der Waals surface area contributed by atoms with Crippen molar-refractivity contribution < 1.29 is 0 Å². The van der Waals surface area contributed by atoms with Gasteiger partial charge in [0.2, 0.25) is 0 Å². The van der Waals surface area contributed by atoms with Crippen molar-refractivity contribution in [3.05, 3.63) is 0 Å². The third-order valence-corrected chi connectivity index (χ3v) is 1.86. The second kappa shape index (κ2) is 6.26. The summed E-state index contributed by atoms with van der Waals surface area (Å²) in [6, 6.07) is 1.05. The Bertz CT molecular complexity index is 59.0. The number of rotatable bonds is 5. The zero-order valence-corrected chi connectivity index (χ0v) is 6.98. The molecular weight excluding hydrogens is 128 g/mol. The lowest BCUT2D eigenvalue weighted by molar-refractivity contribution is 0.557. The molecule has 1 atom stereocenters. The van der Waals surface area contributed by atoms with Crippen molar-refractivity contribution in [2.24, 2.45) is 11.7 Å². The Kier molecular flexibility index (Phi) is 6.35. The van der Waals surface area contributed by atoms with Gasteiger partial charge in [-0.2, -0.15) is 0 Å². The Morgan fingerprint density at radius 3 is 2.78 bits per heavy atom. The molecule has 0 rings (SSSR count). The van der Waals surface area contributed by atoms with Gasteiger partial charge in [-0.1, -0.05) is 13.0 Å². The summed E-state index contributed by atoms with van der Waals surface area (Å²) >= 11 is 0. The summed E-state index contributed by atoms with van der Waals surface area (Å²) in [5.74, 6) is 0.702. The molecule has 0 aromatic carbocycles. The van der Waals surface area contributed by atoms with Crippen molar-refractivity contribution in [2.45, 2.75) is 13.0 Å². The number of hydrogen-bond donors (Lipinski definition) is 2. The molecule has 3 radical (unpaired) electrons. The molecule has 0 aromatic heterocycles. The average Bonchev–Trinajstić information content (AvgIpc) is 1.89. The third-order valence-electron chi connectivity index (χ3n) is 1.16. The van der Waals surface area contributed by atoms with Gasteiger partial charge in [0.25, 0.3) is 0 Å². The number of hydrogen-bond acceptors (Lipinski definition) is 2. The SMILES string of the molecule is CC(C[Si])CNCCN. The van der Waals surface area contributed by atoms with Gasteiger partial charge in [-0.3, -0.25) is 0 Å². The first-order valence-electron chi connectivity index (χ1n) is 3.36. The summed E-state index contributed by atoms with van der Waals surface area (Å²) in [4.78, 5) is 0. The largest absolute Gasteiger partial charge is 0.329 e. The maximum Gasteiger partial charge on any atom is 0.0225 e. The lowest BCUT2D eigenvalue weighted by atomic mass is 10.2. The van der Waals surface area contributed by atoms with Crippen LogP contribution in [0.25, 0.3) is 0 Å². The summed E-state index contributed by atoms with van der Waals surface area (Å²) in [6.45, 7) is 4.90. The molecule has 0 aromatic rings. The Balaban J connectivity index is 2.88. The summed E-state index contributed by atoms with van der Waals surface area (Å²) in [7, 11) is 3.44. The van der Waals surface area contributed by atoms with Gasteiger partial charge in [0.1, 0.15) is 0 Å². The molecule has 0 aliphatic carbocycles. The highest BCUT2D eigenvalue weighted by Gasteiger charge is 1.94. The molecule has 2 nitrogen and oxygen atoms in total. The highest BCUT2D eigenvalue weighted by Crippen LogP contribution is 1.94. The van der Waals surface area contributed by atoms with E-state index in [-0.39, 0.29) is 0 Å². The van der Waals surface area contributed by atoms with Crippen molar-refractivity contribution in [3.8, 4) is 0 Å². The lowest BCUT2D eigenvalue weighted by Crippen LogP contribution is -2.26. The Labute approximate surface area is 60.6 Å². The van der Waals surface area contributed by atoms with Crippen LogP contribution in [0.15, 0.2) is 0 Å². The van der Waals surface area contributed by atoms with E-state index in [0.717, 1.165) is 25.7 Å². The minimum absolute atomic E-state index is 0.702. The molecule has 0 bridgehead atoms. The summed E-state index contributed by atoms with van der Waals surface area (Å²) in [5.41, 5.74) is 5.28. The van der Waals surface area contributed by atoms with Gasteiger partial charge >= 0.3 is 0 Å². The molecular formula is C6H15N2Si. The average molecular weight is 143 g/mol. The third kappa shape index (κ3) is 6.02. The Morgan fingerprint density at radius 2 is 2.33 bits per heavy atom. The van der Waals surface area contributed by atoms with E-state index in [1.807, 2.05) is 0 Å². The molecule has 0 amide bonds. The van der Waals surface area contributed by atoms with E-state index >= 15 is 0 Å². The zero-order valence-electron chi connectivity index (χ0n) is 5.98. The molecule has 0 aliphatic rings. The van der Waals surface area contributed by atoms with Gasteiger partial charge in [0.15, 0.2) is 0 Å². The van der Waals surface area contributed by atoms with Crippen LogP contribution in [0.4, 0.5) is 0 Å². The van der Waals surface area contributed by atoms with Gasteiger partial charge in [-0.15, -0.1) is 0 Å². The maximum atomic E-state index is 5.28. The first-order valence-corrected chi connectivity index (χ1v) is 4.07. The van der Waals surface area contributed by atoms with Crippen LogP contribution in [0.1, 0.15) is 6.92 Å². The first kappa shape index (κ1) is 9.14. The summed E-state index contributed by atoms with van der Waals surface area (Å²) < 4.78 is 0. The molecule has 0 saturated carbocycles. The molecule has 0 saturated heterocycles. The van der Waals surface area contributed by atoms with Crippen molar-refractivity contribution in [1.82, 2.24) is 5.32 Å². The Hall–Kier alpha value is 0.137. The molecule has 0 spiro atoms. The topological polar surface area (TPSA) is 38.0 Å². The molecule has 3 heteroatoms. The smallest absolute Gasteiger partial charge is 0.0225 e. The number of nitrogens with one attached hydrogen (secondary N) is 1. The second-order valence-electron chi connectivity index (χ2n) is 2.30. The molecule has 3 N–H and O–H groups in total. The molecule has 9 heavy (non-hydrogen) atoms. The normalized spacial score (nSPS) is 13.7. The fraction of sp³-hybridized carbons (Fsp3) is 1.00. The van der Waals surface area contributed by atoms with E-state index in [2.05, 4.69) is 22.5 Å². The van der Waals surface area contributed by atoms with E-state index in [9.17, 15) is 0 Å². The Morgan fingerprint density at radius 1 is 1.67 bits per heavy atom. The predicted octanol–water partition coefficient (Wildman–Crippen LogP) is -0.242. The zero-order chi connectivity index (χ0) is 7.11. The minimum atomic E-state index is 0.702. The van der Waals surface area contributed by atoms with Gasteiger partial charge in [0.05, 0.1) is 0 Å². The quantitative estimate of drug-likeness (QED) is 0.412. The summed E-state index contributed by atoms with van der Waals surface area (Å²) in [6.07, 6.45) is 0. The van der Waals surface area contributed by atoms with Gasteiger partial charge < -0.3 is 11.1 Å². The van der Waals surface area contributed by atoms with Gasteiger partial charge in [-0.25, -0.2) is 0 Å².